The lowest BCUT2D eigenvalue weighted by molar-refractivity contribution is 0.476. The normalized spacial score (nSPS) is 10.3. The zero-order chi connectivity index (χ0) is 12.3. The molecule has 2 nitrogen and oxygen atoms in total. The van der Waals surface area contributed by atoms with Gasteiger partial charge in [0.1, 0.15) is 11.5 Å². The van der Waals surface area contributed by atoms with Crippen LogP contribution in [0.3, 0.4) is 0 Å². The molecule has 17 heavy (non-hydrogen) atoms. The van der Waals surface area contributed by atoms with Crippen molar-refractivity contribution < 1.29 is 4.74 Å². The van der Waals surface area contributed by atoms with E-state index in [1.54, 1.807) is 6.07 Å². The Morgan fingerprint density at radius 1 is 1.06 bits per heavy atom. The first-order valence-corrected chi connectivity index (χ1v) is 6.29. The lowest BCUT2D eigenvalue weighted by atomic mass is 10.2. The van der Waals surface area contributed by atoms with Crippen molar-refractivity contribution >= 4 is 27.5 Å². The van der Waals surface area contributed by atoms with Crippen molar-refractivity contribution in [1.29, 1.82) is 0 Å². The van der Waals surface area contributed by atoms with Crippen LogP contribution in [0, 0.1) is 0 Å². The summed E-state index contributed by atoms with van der Waals surface area (Å²) in [5, 5.41) is 0.579. The molecule has 0 heterocycles. The first kappa shape index (κ1) is 12.4. The monoisotopic (exact) mass is 311 g/mol. The molecule has 0 aliphatic heterocycles. The molecule has 0 saturated carbocycles. The standard InChI is InChI=1S/C13H11BrClNO/c14-10-4-3-7-12(9(10)8-16)17-13-6-2-1-5-11(13)15/h1-7H,8,16H2. The Bertz CT molecular complexity index is 531. The molecule has 0 fully saturated rings. The van der Waals surface area contributed by atoms with Gasteiger partial charge in [-0.05, 0) is 24.3 Å². The van der Waals surface area contributed by atoms with E-state index in [0.29, 0.717) is 17.3 Å². The maximum atomic E-state index is 6.04. The number of benzene rings is 2. The van der Waals surface area contributed by atoms with Crippen LogP contribution in [0.25, 0.3) is 0 Å². The maximum absolute atomic E-state index is 6.04. The summed E-state index contributed by atoms with van der Waals surface area (Å²) < 4.78 is 6.70. The summed E-state index contributed by atoms with van der Waals surface area (Å²) in [5.74, 6) is 1.34. The zero-order valence-electron chi connectivity index (χ0n) is 8.99. The minimum Gasteiger partial charge on any atom is -0.455 e. The molecule has 0 aromatic heterocycles. The Morgan fingerprint density at radius 3 is 2.47 bits per heavy atom. The van der Waals surface area contributed by atoms with Crippen LogP contribution in [0.4, 0.5) is 0 Å². The zero-order valence-corrected chi connectivity index (χ0v) is 11.3. The minimum absolute atomic E-state index is 0.404. The summed E-state index contributed by atoms with van der Waals surface area (Å²) in [6.45, 7) is 0.404. The smallest absolute Gasteiger partial charge is 0.146 e. The van der Waals surface area contributed by atoms with Crippen LogP contribution in [-0.2, 0) is 6.54 Å². The molecular weight excluding hydrogens is 302 g/mol. The van der Waals surface area contributed by atoms with E-state index >= 15 is 0 Å². The number of halogens is 2. The van der Waals surface area contributed by atoms with Gasteiger partial charge >= 0.3 is 0 Å². The van der Waals surface area contributed by atoms with Crippen LogP contribution in [0.1, 0.15) is 5.56 Å². The molecule has 88 valence electrons. The van der Waals surface area contributed by atoms with E-state index in [1.807, 2.05) is 36.4 Å². The summed E-state index contributed by atoms with van der Waals surface area (Å²) in [6.07, 6.45) is 0. The number of nitrogens with two attached hydrogens (primary N) is 1. The first-order valence-electron chi connectivity index (χ1n) is 5.12. The van der Waals surface area contributed by atoms with Gasteiger partial charge in [-0.15, -0.1) is 0 Å². The van der Waals surface area contributed by atoms with Gasteiger partial charge in [-0.1, -0.05) is 45.7 Å². The summed E-state index contributed by atoms with van der Waals surface area (Å²) in [5.41, 5.74) is 6.62. The van der Waals surface area contributed by atoms with Crippen LogP contribution in [-0.4, -0.2) is 0 Å². The second-order valence-corrected chi connectivity index (χ2v) is 4.71. The van der Waals surface area contributed by atoms with Gasteiger partial charge in [0.2, 0.25) is 0 Å². The van der Waals surface area contributed by atoms with Crippen molar-refractivity contribution in [2.45, 2.75) is 6.54 Å². The minimum atomic E-state index is 0.404. The first-order chi connectivity index (χ1) is 8.22. The van der Waals surface area contributed by atoms with Gasteiger partial charge in [-0.25, -0.2) is 0 Å². The van der Waals surface area contributed by atoms with E-state index in [-0.39, 0.29) is 0 Å². The average Bonchev–Trinajstić information content (AvgIpc) is 2.32. The Hall–Kier alpha value is -1.03. The molecule has 0 aliphatic rings. The summed E-state index contributed by atoms with van der Waals surface area (Å²) in [4.78, 5) is 0. The quantitative estimate of drug-likeness (QED) is 0.914. The number of para-hydroxylation sites is 1. The van der Waals surface area contributed by atoms with E-state index in [1.165, 1.54) is 0 Å². The fraction of sp³-hybridized carbons (Fsp3) is 0.0769. The molecule has 2 aromatic carbocycles. The molecule has 0 bridgehead atoms. The SMILES string of the molecule is NCc1c(Br)cccc1Oc1ccccc1Cl. The lowest BCUT2D eigenvalue weighted by Gasteiger charge is -2.12. The highest BCUT2D eigenvalue weighted by molar-refractivity contribution is 9.10. The Morgan fingerprint density at radius 2 is 1.76 bits per heavy atom. The van der Waals surface area contributed by atoms with Crippen LogP contribution < -0.4 is 10.5 Å². The van der Waals surface area contributed by atoms with Crippen molar-refractivity contribution in [3.05, 3.63) is 57.5 Å². The molecule has 0 atom stereocenters. The van der Waals surface area contributed by atoms with Crippen molar-refractivity contribution in [3.8, 4) is 11.5 Å². The molecule has 0 saturated heterocycles. The van der Waals surface area contributed by atoms with E-state index in [4.69, 9.17) is 22.1 Å². The molecule has 0 aliphatic carbocycles. The van der Waals surface area contributed by atoms with E-state index < -0.39 is 0 Å². The topological polar surface area (TPSA) is 35.2 Å². The summed E-state index contributed by atoms with van der Waals surface area (Å²) in [6, 6.07) is 13.1. The van der Waals surface area contributed by atoms with Crippen LogP contribution in [0.2, 0.25) is 5.02 Å². The summed E-state index contributed by atoms with van der Waals surface area (Å²) in [7, 11) is 0. The average molecular weight is 313 g/mol. The largest absolute Gasteiger partial charge is 0.455 e. The fourth-order valence-corrected chi connectivity index (χ4v) is 2.16. The predicted molar refractivity (Wildman–Crippen MR) is 73.6 cm³/mol. The van der Waals surface area contributed by atoms with Gasteiger partial charge in [0, 0.05) is 16.6 Å². The van der Waals surface area contributed by atoms with Crippen molar-refractivity contribution in [2.24, 2.45) is 5.73 Å². The van der Waals surface area contributed by atoms with Crippen LogP contribution >= 0.6 is 27.5 Å². The van der Waals surface area contributed by atoms with E-state index in [2.05, 4.69) is 15.9 Å². The second kappa shape index (κ2) is 5.54. The van der Waals surface area contributed by atoms with Crippen LogP contribution in [0.5, 0.6) is 11.5 Å². The predicted octanol–water partition coefficient (Wildman–Crippen LogP) is 4.35. The lowest BCUT2D eigenvalue weighted by Crippen LogP contribution is -2.00. The summed E-state index contributed by atoms with van der Waals surface area (Å²) >= 11 is 9.49. The van der Waals surface area contributed by atoms with Gasteiger partial charge in [0.15, 0.2) is 0 Å². The third-order valence-electron chi connectivity index (χ3n) is 2.34. The number of hydrogen-bond acceptors (Lipinski definition) is 2. The van der Waals surface area contributed by atoms with E-state index in [9.17, 15) is 0 Å². The highest BCUT2D eigenvalue weighted by Gasteiger charge is 2.08. The third-order valence-corrected chi connectivity index (χ3v) is 3.39. The number of ether oxygens (including phenoxy) is 1. The van der Waals surface area contributed by atoms with Gasteiger partial charge in [0.25, 0.3) is 0 Å². The number of hydrogen-bond donors (Lipinski definition) is 1. The molecule has 2 aromatic rings. The van der Waals surface area contributed by atoms with Crippen LogP contribution in [0.15, 0.2) is 46.9 Å². The Balaban J connectivity index is 2.37. The molecule has 2 N–H and O–H groups in total. The van der Waals surface area contributed by atoms with Crippen molar-refractivity contribution in [3.63, 3.8) is 0 Å². The van der Waals surface area contributed by atoms with Gasteiger partial charge in [-0.3, -0.25) is 0 Å². The Kier molecular flexibility index (Phi) is 4.05. The molecule has 4 heteroatoms. The Labute approximate surface area is 113 Å². The molecule has 0 radical (unpaired) electrons. The second-order valence-electron chi connectivity index (χ2n) is 3.45. The highest BCUT2D eigenvalue weighted by atomic mass is 79.9. The van der Waals surface area contributed by atoms with Gasteiger partial charge in [-0.2, -0.15) is 0 Å². The highest BCUT2D eigenvalue weighted by Crippen LogP contribution is 2.33. The maximum Gasteiger partial charge on any atom is 0.146 e. The van der Waals surface area contributed by atoms with Crippen molar-refractivity contribution in [2.75, 3.05) is 0 Å². The van der Waals surface area contributed by atoms with E-state index in [0.717, 1.165) is 15.8 Å². The molecule has 0 unspecified atom stereocenters. The third kappa shape index (κ3) is 2.80. The van der Waals surface area contributed by atoms with Gasteiger partial charge in [0.05, 0.1) is 5.02 Å². The fourth-order valence-electron chi connectivity index (χ4n) is 1.48. The molecule has 0 amide bonds. The molecule has 0 spiro atoms. The number of rotatable bonds is 3. The van der Waals surface area contributed by atoms with Gasteiger partial charge < -0.3 is 10.5 Å². The van der Waals surface area contributed by atoms with Crippen molar-refractivity contribution in [1.82, 2.24) is 0 Å². The molecular formula is C13H11BrClNO. The molecule has 2 rings (SSSR count).